The first kappa shape index (κ1) is 12.6. The second-order valence-corrected chi connectivity index (χ2v) is 3.85. The third-order valence-electron chi connectivity index (χ3n) is 2.81. The highest BCUT2D eigenvalue weighted by Crippen LogP contribution is 2.24. The standard InChI is InChI=1S/C9H15N3O4/c1-3-4-5(2)9(12-16)6(13)10-8(15)11-7(9)14/h5,12,16H,3-4H2,1-2H3,(H2,10,11,13,14,15). The lowest BCUT2D eigenvalue weighted by Crippen LogP contribution is -2.74. The Morgan fingerprint density at radius 3 is 2.19 bits per heavy atom. The molecule has 7 nitrogen and oxygen atoms in total. The van der Waals surface area contributed by atoms with E-state index in [9.17, 15) is 14.4 Å². The summed E-state index contributed by atoms with van der Waals surface area (Å²) < 4.78 is 0. The van der Waals surface area contributed by atoms with Crippen LogP contribution in [-0.2, 0) is 9.59 Å². The molecule has 1 saturated heterocycles. The van der Waals surface area contributed by atoms with Crippen molar-refractivity contribution in [2.75, 3.05) is 0 Å². The van der Waals surface area contributed by atoms with Gasteiger partial charge in [-0.25, -0.2) is 4.79 Å². The molecule has 0 saturated carbocycles. The molecule has 0 aromatic rings. The Labute approximate surface area is 92.5 Å². The summed E-state index contributed by atoms with van der Waals surface area (Å²) in [7, 11) is 0. The topological polar surface area (TPSA) is 108 Å². The Bertz CT molecular complexity index is 309. The molecule has 7 heteroatoms. The fourth-order valence-corrected chi connectivity index (χ4v) is 1.85. The van der Waals surface area contributed by atoms with Crippen LogP contribution < -0.4 is 16.1 Å². The van der Waals surface area contributed by atoms with Crippen molar-refractivity contribution in [3.8, 4) is 0 Å². The van der Waals surface area contributed by atoms with Crippen LogP contribution in [0.5, 0.6) is 0 Å². The summed E-state index contributed by atoms with van der Waals surface area (Å²) in [6.07, 6.45) is 1.31. The van der Waals surface area contributed by atoms with Gasteiger partial charge in [0.25, 0.3) is 11.8 Å². The van der Waals surface area contributed by atoms with Gasteiger partial charge in [0.2, 0.25) is 5.54 Å². The molecule has 1 aliphatic heterocycles. The molecule has 1 atom stereocenters. The van der Waals surface area contributed by atoms with Gasteiger partial charge in [-0.2, -0.15) is 5.48 Å². The lowest BCUT2D eigenvalue weighted by Gasteiger charge is -2.36. The molecule has 90 valence electrons. The number of carbonyl (C=O) groups excluding carboxylic acids is 3. The molecule has 1 heterocycles. The second-order valence-electron chi connectivity index (χ2n) is 3.85. The zero-order chi connectivity index (χ0) is 12.3. The maximum atomic E-state index is 11.7. The molecule has 1 unspecified atom stereocenters. The summed E-state index contributed by atoms with van der Waals surface area (Å²) in [6, 6.07) is -0.871. The van der Waals surface area contributed by atoms with Gasteiger partial charge in [-0.3, -0.25) is 20.2 Å². The van der Waals surface area contributed by atoms with Gasteiger partial charge in [0, 0.05) is 0 Å². The molecular formula is C9H15N3O4. The Balaban J connectivity index is 3.05. The van der Waals surface area contributed by atoms with E-state index in [1.807, 2.05) is 17.6 Å². The molecule has 0 radical (unpaired) electrons. The van der Waals surface area contributed by atoms with Gasteiger partial charge in [-0.15, -0.1) is 0 Å². The minimum absolute atomic E-state index is 0.435. The second kappa shape index (κ2) is 4.58. The molecule has 1 rings (SSSR count). The maximum Gasteiger partial charge on any atom is 0.328 e. The molecule has 0 aromatic heterocycles. The van der Waals surface area contributed by atoms with Crippen molar-refractivity contribution < 1.29 is 19.6 Å². The first-order valence-electron chi connectivity index (χ1n) is 5.07. The van der Waals surface area contributed by atoms with Crippen LogP contribution >= 0.6 is 0 Å². The van der Waals surface area contributed by atoms with Gasteiger partial charge in [0.05, 0.1) is 0 Å². The summed E-state index contributed by atoms with van der Waals surface area (Å²) >= 11 is 0. The van der Waals surface area contributed by atoms with Crippen LogP contribution in [0, 0.1) is 5.92 Å². The summed E-state index contributed by atoms with van der Waals surface area (Å²) in [5.41, 5.74) is -0.0420. The number of imide groups is 2. The van der Waals surface area contributed by atoms with E-state index in [0.717, 1.165) is 6.42 Å². The molecule has 16 heavy (non-hydrogen) atoms. The third kappa shape index (κ3) is 1.79. The fourth-order valence-electron chi connectivity index (χ4n) is 1.85. The van der Waals surface area contributed by atoms with E-state index in [2.05, 4.69) is 0 Å². The highest BCUT2D eigenvalue weighted by molar-refractivity contribution is 6.22. The first-order chi connectivity index (χ1) is 7.48. The zero-order valence-corrected chi connectivity index (χ0v) is 9.16. The average Bonchev–Trinajstić information content (AvgIpc) is 2.18. The molecular weight excluding hydrogens is 214 g/mol. The van der Waals surface area contributed by atoms with Crippen LogP contribution in [0.3, 0.4) is 0 Å². The maximum absolute atomic E-state index is 11.7. The number of amides is 4. The molecule has 1 aliphatic rings. The van der Waals surface area contributed by atoms with E-state index in [0.29, 0.717) is 6.42 Å². The van der Waals surface area contributed by atoms with E-state index < -0.39 is 29.3 Å². The number of urea groups is 1. The molecule has 0 spiro atoms. The Kier molecular flexibility index (Phi) is 3.61. The minimum atomic E-state index is -1.79. The summed E-state index contributed by atoms with van der Waals surface area (Å²) in [6.45, 7) is 3.55. The van der Waals surface area contributed by atoms with E-state index in [1.54, 1.807) is 12.4 Å². The summed E-state index contributed by atoms with van der Waals surface area (Å²) in [4.78, 5) is 34.2. The number of nitrogens with one attached hydrogen (secondary N) is 3. The monoisotopic (exact) mass is 229 g/mol. The van der Waals surface area contributed by atoms with Gasteiger partial charge in [0.15, 0.2) is 0 Å². The molecule has 0 aliphatic carbocycles. The van der Waals surface area contributed by atoms with Gasteiger partial charge >= 0.3 is 6.03 Å². The SMILES string of the molecule is CCCC(C)C1(NO)C(=O)NC(=O)NC1=O. The van der Waals surface area contributed by atoms with Gasteiger partial charge in [-0.05, 0) is 12.3 Å². The first-order valence-corrected chi connectivity index (χ1v) is 5.07. The number of rotatable bonds is 4. The van der Waals surface area contributed by atoms with Gasteiger partial charge in [-0.1, -0.05) is 20.3 Å². The normalized spacial score (nSPS) is 21.3. The van der Waals surface area contributed by atoms with E-state index >= 15 is 0 Å². The van der Waals surface area contributed by atoms with Crippen molar-refractivity contribution >= 4 is 17.8 Å². The average molecular weight is 229 g/mol. The lowest BCUT2D eigenvalue weighted by atomic mass is 9.80. The van der Waals surface area contributed by atoms with E-state index in [-0.39, 0.29) is 0 Å². The molecule has 0 aromatic carbocycles. The summed E-state index contributed by atoms with van der Waals surface area (Å²) in [5, 5.41) is 13.0. The minimum Gasteiger partial charge on any atom is -0.315 e. The lowest BCUT2D eigenvalue weighted by molar-refractivity contribution is -0.149. The number of hydroxylamine groups is 1. The number of hydrogen-bond donors (Lipinski definition) is 4. The number of barbiturate groups is 1. The van der Waals surface area contributed by atoms with Crippen LogP contribution in [0.2, 0.25) is 0 Å². The highest BCUT2D eigenvalue weighted by Gasteiger charge is 2.53. The number of carbonyl (C=O) groups is 3. The molecule has 1 fully saturated rings. The van der Waals surface area contributed by atoms with E-state index in [1.165, 1.54) is 0 Å². The van der Waals surface area contributed by atoms with Crippen LogP contribution in [0.25, 0.3) is 0 Å². The number of hydrogen-bond acceptors (Lipinski definition) is 5. The molecule has 0 bridgehead atoms. The summed E-state index contributed by atoms with van der Waals surface area (Å²) in [5.74, 6) is -2.09. The smallest absolute Gasteiger partial charge is 0.315 e. The van der Waals surface area contributed by atoms with Crippen molar-refractivity contribution in [2.24, 2.45) is 5.92 Å². The zero-order valence-electron chi connectivity index (χ0n) is 9.16. The Morgan fingerprint density at radius 1 is 1.31 bits per heavy atom. The van der Waals surface area contributed by atoms with Crippen LogP contribution in [0.1, 0.15) is 26.7 Å². The van der Waals surface area contributed by atoms with Crippen molar-refractivity contribution in [1.29, 1.82) is 0 Å². The van der Waals surface area contributed by atoms with Gasteiger partial charge < -0.3 is 5.21 Å². The van der Waals surface area contributed by atoms with Crippen molar-refractivity contribution in [3.63, 3.8) is 0 Å². The van der Waals surface area contributed by atoms with Crippen LogP contribution in [0.4, 0.5) is 4.79 Å². The van der Waals surface area contributed by atoms with Crippen molar-refractivity contribution in [2.45, 2.75) is 32.2 Å². The predicted octanol–water partition coefficient (Wildman–Crippen LogP) is -0.494. The molecule has 4 N–H and O–H groups in total. The third-order valence-corrected chi connectivity index (χ3v) is 2.81. The van der Waals surface area contributed by atoms with Crippen LogP contribution in [-0.4, -0.2) is 28.6 Å². The molecule has 4 amide bonds. The van der Waals surface area contributed by atoms with E-state index in [4.69, 9.17) is 5.21 Å². The van der Waals surface area contributed by atoms with Crippen molar-refractivity contribution in [3.05, 3.63) is 0 Å². The van der Waals surface area contributed by atoms with Crippen LogP contribution in [0.15, 0.2) is 0 Å². The largest absolute Gasteiger partial charge is 0.328 e. The Hall–Kier alpha value is -1.47. The predicted molar refractivity (Wildman–Crippen MR) is 53.4 cm³/mol. The fraction of sp³-hybridized carbons (Fsp3) is 0.667. The quantitative estimate of drug-likeness (QED) is 0.384. The Morgan fingerprint density at radius 2 is 1.81 bits per heavy atom. The van der Waals surface area contributed by atoms with Crippen molar-refractivity contribution in [1.82, 2.24) is 16.1 Å². The highest BCUT2D eigenvalue weighted by atomic mass is 16.5. The van der Waals surface area contributed by atoms with Gasteiger partial charge in [0.1, 0.15) is 0 Å².